The van der Waals surface area contributed by atoms with Crippen LogP contribution < -0.4 is 26.6 Å². The molecule has 1 aromatic carbocycles. The summed E-state index contributed by atoms with van der Waals surface area (Å²) in [4.78, 5) is 41.8. The Hall–Kier alpha value is -3.64. The number of amides is 4. The molecule has 0 aliphatic carbocycles. The lowest BCUT2D eigenvalue weighted by Crippen LogP contribution is -2.49. The van der Waals surface area contributed by atoms with Crippen LogP contribution in [0.15, 0.2) is 24.3 Å². The molecule has 3 rings (SSSR count). The summed E-state index contributed by atoms with van der Waals surface area (Å²) in [6, 6.07) is 8.64. The number of fused-ring (bicyclic) bond motifs is 1. The second kappa shape index (κ2) is 9.91. The Morgan fingerprint density at radius 3 is 2.55 bits per heavy atom. The average molecular weight is 422 g/mol. The molecule has 1 aliphatic heterocycles. The number of nitrogens with one attached hydrogen (secondary N) is 4. The lowest BCUT2D eigenvalue weighted by Gasteiger charge is -2.17. The first-order chi connectivity index (χ1) is 15.0. The van der Waals surface area contributed by atoms with Gasteiger partial charge in [-0.1, -0.05) is 38.1 Å². The van der Waals surface area contributed by atoms with Crippen molar-refractivity contribution in [3.63, 3.8) is 0 Å². The topological polar surface area (TPSA) is 130 Å². The molecule has 1 aliphatic rings. The third-order valence-corrected chi connectivity index (χ3v) is 5.36. The van der Waals surface area contributed by atoms with Crippen LogP contribution in [0.25, 0.3) is 21.9 Å². The van der Waals surface area contributed by atoms with Crippen molar-refractivity contribution in [1.82, 2.24) is 25.8 Å². The molecule has 0 bridgehead atoms. The molecule has 0 unspecified atom stereocenters. The van der Waals surface area contributed by atoms with E-state index in [4.69, 9.17) is 0 Å². The molecule has 2 heterocycles. The Kier molecular flexibility index (Phi) is 7.05. The van der Waals surface area contributed by atoms with Crippen molar-refractivity contribution in [3.8, 4) is 6.07 Å². The van der Waals surface area contributed by atoms with Gasteiger partial charge in [0.25, 0.3) is 11.8 Å². The normalized spacial score (nSPS) is 16.6. The summed E-state index contributed by atoms with van der Waals surface area (Å²) in [7, 11) is 0. The van der Waals surface area contributed by atoms with Crippen LogP contribution in [0, 0.1) is 11.3 Å². The number of nitriles is 1. The highest BCUT2D eigenvalue weighted by Gasteiger charge is 2.22. The van der Waals surface area contributed by atoms with Gasteiger partial charge in [0.1, 0.15) is 11.6 Å². The van der Waals surface area contributed by atoms with E-state index >= 15 is 0 Å². The molecule has 162 valence electrons. The highest BCUT2D eigenvalue weighted by Crippen LogP contribution is 2.08. The standard InChI is InChI=1S/C22H26N6O3/c1-3-28(4-2)11-7-10-24-20(29)16(12-23)18-14-8-5-6-9-15(14)19(26-18)17-13-25-22(31)27-21(17)30/h5-6,8-9,26H,3-4,7,10-11,13H2,1-2H3,(H,24,29)(H2,25,27,30,31)/b18-16-,19-17+. The Balaban J connectivity index is 1.98. The zero-order valence-corrected chi connectivity index (χ0v) is 17.7. The van der Waals surface area contributed by atoms with Gasteiger partial charge in [-0.3, -0.25) is 14.9 Å². The smallest absolute Gasteiger partial charge is 0.321 e. The van der Waals surface area contributed by atoms with Crippen LogP contribution in [0.3, 0.4) is 0 Å². The fourth-order valence-electron chi connectivity index (χ4n) is 3.64. The molecule has 0 saturated carbocycles. The largest absolute Gasteiger partial charge is 0.353 e. The minimum absolute atomic E-state index is 0.0497. The number of hydrogen-bond donors (Lipinski definition) is 4. The van der Waals surface area contributed by atoms with Crippen LogP contribution in [0.5, 0.6) is 0 Å². The molecule has 4 amide bonds. The number of benzene rings is 1. The maximum Gasteiger partial charge on any atom is 0.321 e. The third-order valence-electron chi connectivity index (χ3n) is 5.36. The van der Waals surface area contributed by atoms with Gasteiger partial charge >= 0.3 is 6.03 Å². The molecule has 2 aromatic rings. The van der Waals surface area contributed by atoms with Gasteiger partial charge in [0, 0.05) is 17.3 Å². The van der Waals surface area contributed by atoms with Gasteiger partial charge in [-0.05, 0) is 26.1 Å². The SMILES string of the molecule is CCN(CC)CCCNC(=O)/C(C#N)=c1\[nH]/c(=C2\CNC(=O)NC2=O)c2ccccc12. The number of carbonyl (C=O) groups is 3. The number of rotatable bonds is 7. The zero-order chi connectivity index (χ0) is 22.4. The monoisotopic (exact) mass is 422 g/mol. The molecule has 1 aromatic heterocycles. The number of hydrogen-bond acceptors (Lipinski definition) is 5. The molecule has 4 N–H and O–H groups in total. The first kappa shape index (κ1) is 22.1. The second-order valence-corrected chi connectivity index (χ2v) is 7.16. The first-order valence-corrected chi connectivity index (χ1v) is 10.3. The maximum absolute atomic E-state index is 12.7. The van der Waals surface area contributed by atoms with Crippen molar-refractivity contribution in [3.05, 3.63) is 35.0 Å². The Bertz CT molecular complexity index is 1170. The van der Waals surface area contributed by atoms with Crippen molar-refractivity contribution in [2.24, 2.45) is 0 Å². The van der Waals surface area contributed by atoms with E-state index in [9.17, 15) is 19.6 Å². The van der Waals surface area contributed by atoms with Gasteiger partial charge in [-0.15, -0.1) is 0 Å². The van der Waals surface area contributed by atoms with Crippen LogP contribution in [-0.2, 0) is 9.59 Å². The number of aromatic amines is 1. The van der Waals surface area contributed by atoms with E-state index in [-0.39, 0.29) is 12.1 Å². The average Bonchev–Trinajstić information content (AvgIpc) is 3.14. The van der Waals surface area contributed by atoms with Gasteiger partial charge in [0.15, 0.2) is 0 Å². The van der Waals surface area contributed by atoms with Crippen LogP contribution in [0.2, 0.25) is 0 Å². The predicted octanol–water partition coefficient (Wildman–Crippen LogP) is -0.320. The molecule has 1 saturated heterocycles. The number of imide groups is 1. The lowest BCUT2D eigenvalue weighted by atomic mass is 10.1. The van der Waals surface area contributed by atoms with E-state index in [1.54, 1.807) is 18.2 Å². The van der Waals surface area contributed by atoms with Gasteiger partial charge in [0.05, 0.1) is 22.8 Å². The van der Waals surface area contributed by atoms with Crippen LogP contribution in [0.1, 0.15) is 20.3 Å². The molecule has 0 atom stereocenters. The fourth-order valence-corrected chi connectivity index (χ4v) is 3.64. The summed E-state index contributed by atoms with van der Waals surface area (Å²) in [5, 5.41) is 19.5. The van der Waals surface area contributed by atoms with Gasteiger partial charge < -0.3 is 20.5 Å². The van der Waals surface area contributed by atoms with Crippen LogP contribution >= 0.6 is 0 Å². The molecular formula is C22H26N6O3. The molecular weight excluding hydrogens is 396 g/mol. The highest BCUT2D eigenvalue weighted by molar-refractivity contribution is 6.23. The highest BCUT2D eigenvalue weighted by atomic mass is 16.2. The molecule has 9 nitrogen and oxygen atoms in total. The van der Waals surface area contributed by atoms with E-state index in [1.165, 1.54) is 0 Å². The van der Waals surface area contributed by atoms with Crippen LogP contribution in [0.4, 0.5) is 4.79 Å². The number of urea groups is 1. The van der Waals surface area contributed by atoms with Gasteiger partial charge in [-0.25, -0.2) is 4.79 Å². The van der Waals surface area contributed by atoms with E-state index in [2.05, 4.69) is 39.7 Å². The Morgan fingerprint density at radius 1 is 1.19 bits per heavy atom. The quantitative estimate of drug-likeness (QED) is 0.455. The Morgan fingerprint density at radius 2 is 1.90 bits per heavy atom. The van der Waals surface area contributed by atoms with Crippen molar-refractivity contribution in [1.29, 1.82) is 5.26 Å². The molecule has 31 heavy (non-hydrogen) atoms. The van der Waals surface area contributed by atoms with E-state index < -0.39 is 17.8 Å². The lowest BCUT2D eigenvalue weighted by molar-refractivity contribution is -0.116. The van der Waals surface area contributed by atoms with Gasteiger partial charge in [0.2, 0.25) is 0 Å². The summed E-state index contributed by atoms with van der Waals surface area (Å²) >= 11 is 0. The number of carbonyl (C=O) groups excluding carboxylic acids is 3. The number of nitrogens with zero attached hydrogens (tertiary/aromatic N) is 2. The fraction of sp³-hybridized carbons (Fsp3) is 0.364. The molecule has 1 fully saturated rings. The summed E-state index contributed by atoms with van der Waals surface area (Å²) in [6.07, 6.45) is 0.778. The van der Waals surface area contributed by atoms with Crippen LogP contribution in [-0.4, -0.2) is 60.5 Å². The van der Waals surface area contributed by atoms with E-state index in [0.29, 0.717) is 33.6 Å². The van der Waals surface area contributed by atoms with Gasteiger partial charge in [-0.2, -0.15) is 5.26 Å². The van der Waals surface area contributed by atoms with Crippen molar-refractivity contribution >= 4 is 39.8 Å². The summed E-state index contributed by atoms with van der Waals surface area (Å²) < 4.78 is 0. The number of aromatic nitrogens is 1. The number of H-pyrrole nitrogens is 1. The second-order valence-electron chi connectivity index (χ2n) is 7.16. The molecule has 0 spiro atoms. The summed E-state index contributed by atoms with van der Waals surface area (Å²) in [6.45, 7) is 7.45. The summed E-state index contributed by atoms with van der Waals surface area (Å²) in [5.74, 6) is -0.978. The van der Waals surface area contributed by atoms with E-state index in [0.717, 1.165) is 26.1 Å². The Labute approximate surface area is 179 Å². The maximum atomic E-state index is 12.7. The molecule has 0 radical (unpaired) electrons. The van der Waals surface area contributed by atoms with Crippen molar-refractivity contribution < 1.29 is 14.4 Å². The van der Waals surface area contributed by atoms with Crippen molar-refractivity contribution in [2.45, 2.75) is 20.3 Å². The first-order valence-electron chi connectivity index (χ1n) is 10.3. The van der Waals surface area contributed by atoms with E-state index in [1.807, 2.05) is 12.1 Å². The molecule has 9 heteroatoms. The minimum atomic E-state index is -0.557. The predicted molar refractivity (Wildman–Crippen MR) is 117 cm³/mol. The van der Waals surface area contributed by atoms with Crippen molar-refractivity contribution in [2.75, 3.05) is 32.7 Å². The zero-order valence-electron chi connectivity index (χ0n) is 17.7. The summed E-state index contributed by atoms with van der Waals surface area (Å²) in [5.41, 5.74) is 0.283. The third kappa shape index (κ3) is 4.75. The minimum Gasteiger partial charge on any atom is -0.353 e.